The molecule has 1 heterocycles. The molecule has 1 amide bonds. The van der Waals surface area contributed by atoms with Crippen LogP contribution in [0.3, 0.4) is 0 Å². The third-order valence-corrected chi connectivity index (χ3v) is 3.90. The van der Waals surface area contributed by atoms with E-state index in [2.05, 4.69) is 10.6 Å². The van der Waals surface area contributed by atoms with Crippen molar-refractivity contribution in [1.29, 1.82) is 0 Å². The van der Waals surface area contributed by atoms with Crippen LogP contribution in [0.1, 0.15) is 30.1 Å². The maximum absolute atomic E-state index is 12.0. The Hall–Kier alpha value is -1.39. The van der Waals surface area contributed by atoms with Crippen LogP contribution in [-0.4, -0.2) is 29.6 Å². The molecule has 1 aromatic carbocycles. The minimum atomic E-state index is -0.577. The van der Waals surface area contributed by atoms with E-state index in [1.54, 1.807) is 0 Å². The zero-order chi connectivity index (χ0) is 12.5. The zero-order valence-corrected chi connectivity index (χ0v) is 10.2. The molecular formula is C14H18N2O2. The lowest BCUT2D eigenvalue weighted by molar-refractivity contribution is -0.124. The Morgan fingerprint density at radius 1 is 1.39 bits per heavy atom. The summed E-state index contributed by atoms with van der Waals surface area (Å²) in [5, 5.41) is 16.3. The SMILES string of the molecule is O=C(N[C@@H]1Cc2ccccc2[C@@H]1O)[C@@H]1CCCN1. The molecule has 1 aliphatic heterocycles. The van der Waals surface area contributed by atoms with E-state index in [-0.39, 0.29) is 18.0 Å². The van der Waals surface area contributed by atoms with Crippen LogP contribution < -0.4 is 10.6 Å². The number of amides is 1. The number of hydrogen-bond acceptors (Lipinski definition) is 3. The molecule has 96 valence electrons. The van der Waals surface area contributed by atoms with Crippen molar-refractivity contribution in [3.63, 3.8) is 0 Å². The second kappa shape index (κ2) is 4.71. The van der Waals surface area contributed by atoms with Gasteiger partial charge in [0.05, 0.1) is 18.2 Å². The van der Waals surface area contributed by atoms with E-state index in [1.165, 1.54) is 0 Å². The Morgan fingerprint density at radius 3 is 2.94 bits per heavy atom. The first-order chi connectivity index (χ1) is 8.75. The number of carbonyl (C=O) groups excluding carboxylic acids is 1. The maximum atomic E-state index is 12.0. The summed E-state index contributed by atoms with van der Waals surface area (Å²) in [6.45, 7) is 0.908. The Morgan fingerprint density at radius 2 is 2.22 bits per heavy atom. The highest BCUT2D eigenvalue weighted by molar-refractivity contribution is 5.82. The Labute approximate surface area is 106 Å². The monoisotopic (exact) mass is 246 g/mol. The van der Waals surface area contributed by atoms with E-state index in [1.807, 2.05) is 24.3 Å². The lowest BCUT2D eigenvalue weighted by Gasteiger charge is -2.19. The lowest BCUT2D eigenvalue weighted by atomic mass is 10.1. The third-order valence-electron chi connectivity index (χ3n) is 3.90. The Balaban J connectivity index is 1.67. The van der Waals surface area contributed by atoms with Crippen molar-refractivity contribution in [3.05, 3.63) is 35.4 Å². The van der Waals surface area contributed by atoms with Crippen molar-refractivity contribution in [2.24, 2.45) is 0 Å². The van der Waals surface area contributed by atoms with Gasteiger partial charge in [0.15, 0.2) is 0 Å². The standard InChI is InChI=1S/C14H18N2O2/c17-13-10-5-2-1-4-9(10)8-12(13)16-14(18)11-6-3-7-15-11/h1-2,4-5,11-13,15,17H,3,6-8H2,(H,16,18)/t11-,12+,13-/m0/s1. The van der Waals surface area contributed by atoms with E-state index in [0.717, 1.165) is 36.9 Å². The summed E-state index contributed by atoms with van der Waals surface area (Å²) in [5.74, 6) is 0.0179. The van der Waals surface area contributed by atoms with Gasteiger partial charge in [0.25, 0.3) is 0 Å². The van der Waals surface area contributed by atoms with Crippen molar-refractivity contribution in [2.45, 2.75) is 37.5 Å². The molecule has 3 rings (SSSR count). The highest BCUT2D eigenvalue weighted by Crippen LogP contribution is 2.31. The average Bonchev–Trinajstić information content (AvgIpc) is 3.00. The lowest BCUT2D eigenvalue weighted by Crippen LogP contribution is -2.46. The van der Waals surface area contributed by atoms with Crippen molar-refractivity contribution < 1.29 is 9.90 Å². The summed E-state index contributed by atoms with van der Waals surface area (Å²) in [6, 6.07) is 7.57. The van der Waals surface area contributed by atoms with Crippen LogP contribution in [0.25, 0.3) is 0 Å². The van der Waals surface area contributed by atoms with Gasteiger partial charge in [-0.05, 0) is 36.9 Å². The second-order valence-electron chi connectivity index (χ2n) is 5.11. The number of rotatable bonds is 2. The first-order valence-electron chi connectivity index (χ1n) is 6.55. The molecule has 0 saturated carbocycles. The molecule has 0 spiro atoms. The van der Waals surface area contributed by atoms with E-state index in [4.69, 9.17) is 0 Å². The van der Waals surface area contributed by atoms with Gasteiger partial charge in [0.2, 0.25) is 5.91 Å². The topological polar surface area (TPSA) is 61.4 Å². The van der Waals surface area contributed by atoms with Gasteiger partial charge in [0.1, 0.15) is 0 Å². The van der Waals surface area contributed by atoms with E-state index < -0.39 is 6.10 Å². The van der Waals surface area contributed by atoms with Gasteiger partial charge in [-0.3, -0.25) is 4.79 Å². The summed E-state index contributed by atoms with van der Waals surface area (Å²) >= 11 is 0. The highest BCUT2D eigenvalue weighted by atomic mass is 16.3. The quantitative estimate of drug-likeness (QED) is 0.712. The molecule has 3 N–H and O–H groups in total. The average molecular weight is 246 g/mol. The molecule has 2 aliphatic rings. The van der Waals surface area contributed by atoms with Crippen molar-refractivity contribution in [3.8, 4) is 0 Å². The maximum Gasteiger partial charge on any atom is 0.237 e. The number of nitrogens with one attached hydrogen (secondary N) is 2. The Bertz CT molecular complexity index is 455. The fraction of sp³-hybridized carbons (Fsp3) is 0.500. The predicted octanol–water partition coefficient (Wildman–Crippen LogP) is 0.513. The summed E-state index contributed by atoms with van der Waals surface area (Å²) < 4.78 is 0. The minimum absolute atomic E-state index is 0.0179. The van der Waals surface area contributed by atoms with E-state index in [9.17, 15) is 9.90 Å². The fourth-order valence-electron chi connectivity index (χ4n) is 2.90. The smallest absolute Gasteiger partial charge is 0.237 e. The molecular weight excluding hydrogens is 228 g/mol. The number of carbonyl (C=O) groups is 1. The van der Waals surface area contributed by atoms with Gasteiger partial charge in [-0.1, -0.05) is 24.3 Å². The van der Waals surface area contributed by atoms with Gasteiger partial charge < -0.3 is 15.7 Å². The molecule has 1 aliphatic carbocycles. The normalized spacial score (nSPS) is 30.2. The molecule has 1 aromatic rings. The van der Waals surface area contributed by atoms with Crippen LogP contribution in [0.15, 0.2) is 24.3 Å². The zero-order valence-electron chi connectivity index (χ0n) is 10.2. The number of fused-ring (bicyclic) bond motifs is 1. The van der Waals surface area contributed by atoms with Crippen LogP contribution in [-0.2, 0) is 11.2 Å². The summed E-state index contributed by atoms with van der Waals surface area (Å²) in [5.41, 5.74) is 2.08. The largest absolute Gasteiger partial charge is 0.386 e. The van der Waals surface area contributed by atoms with Crippen LogP contribution in [0.5, 0.6) is 0 Å². The summed E-state index contributed by atoms with van der Waals surface area (Å²) in [7, 11) is 0. The first kappa shape index (κ1) is 11.7. The number of benzene rings is 1. The predicted molar refractivity (Wildman–Crippen MR) is 68.1 cm³/mol. The molecule has 4 heteroatoms. The van der Waals surface area contributed by atoms with Crippen molar-refractivity contribution in [1.82, 2.24) is 10.6 Å². The Kier molecular flexibility index (Phi) is 3.06. The van der Waals surface area contributed by atoms with Gasteiger partial charge in [0, 0.05) is 0 Å². The molecule has 18 heavy (non-hydrogen) atoms. The molecule has 0 bridgehead atoms. The highest BCUT2D eigenvalue weighted by Gasteiger charge is 2.33. The molecule has 3 atom stereocenters. The van der Waals surface area contributed by atoms with Crippen molar-refractivity contribution >= 4 is 5.91 Å². The third kappa shape index (κ3) is 2.02. The van der Waals surface area contributed by atoms with Gasteiger partial charge in [-0.15, -0.1) is 0 Å². The minimum Gasteiger partial charge on any atom is -0.386 e. The van der Waals surface area contributed by atoms with E-state index >= 15 is 0 Å². The molecule has 0 radical (unpaired) electrons. The van der Waals surface area contributed by atoms with Crippen LogP contribution in [0, 0.1) is 0 Å². The van der Waals surface area contributed by atoms with Crippen LogP contribution >= 0.6 is 0 Å². The fourth-order valence-corrected chi connectivity index (χ4v) is 2.90. The molecule has 0 unspecified atom stereocenters. The van der Waals surface area contributed by atoms with Gasteiger partial charge >= 0.3 is 0 Å². The molecule has 1 saturated heterocycles. The second-order valence-corrected chi connectivity index (χ2v) is 5.11. The van der Waals surface area contributed by atoms with E-state index in [0.29, 0.717) is 0 Å². The molecule has 1 fully saturated rings. The van der Waals surface area contributed by atoms with Crippen LogP contribution in [0.4, 0.5) is 0 Å². The molecule has 0 aromatic heterocycles. The number of aliphatic hydroxyl groups is 1. The summed E-state index contributed by atoms with van der Waals surface area (Å²) in [6.07, 6.45) is 2.08. The first-order valence-corrected chi connectivity index (χ1v) is 6.55. The molecule has 4 nitrogen and oxygen atoms in total. The number of aliphatic hydroxyl groups excluding tert-OH is 1. The number of hydrogen-bond donors (Lipinski definition) is 3. The van der Waals surface area contributed by atoms with Crippen molar-refractivity contribution in [2.75, 3.05) is 6.54 Å². The van der Waals surface area contributed by atoms with Gasteiger partial charge in [-0.25, -0.2) is 0 Å². The van der Waals surface area contributed by atoms with Crippen LogP contribution in [0.2, 0.25) is 0 Å². The van der Waals surface area contributed by atoms with Gasteiger partial charge in [-0.2, -0.15) is 0 Å². The summed E-state index contributed by atoms with van der Waals surface area (Å²) in [4.78, 5) is 12.0.